The Bertz CT molecular complexity index is 839. The largest absolute Gasteiger partial charge is 0.457 e. The zero-order valence-electron chi connectivity index (χ0n) is 11.7. The fourth-order valence-corrected chi connectivity index (χ4v) is 2.05. The Labute approximate surface area is 127 Å². The number of fused-ring (bicyclic) bond motifs is 1. The molecular formula is C17H13N3O2. The van der Waals surface area contributed by atoms with Crippen LogP contribution in [0.1, 0.15) is 5.69 Å². The fourth-order valence-electron chi connectivity index (χ4n) is 2.05. The molecule has 0 amide bonds. The Morgan fingerprint density at radius 2 is 1.82 bits per heavy atom. The molecule has 0 unspecified atom stereocenters. The van der Waals surface area contributed by atoms with Crippen molar-refractivity contribution in [2.45, 2.75) is 0 Å². The highest BCUT2D eigenvalue weighted by atomic mass is 16.7. The highest BCUT2D eigenvalue weighted by Gasteiger charge is 2.06. The molecule has 0 aliphatic carbocycles. The van der Waals surface area contributed by atoms with Gasteiger partial charge in [-0.05, 0) is 36.4 Å². The Morgan fingerprint density at radius 3 is 2.59 bits per heavy atom. The lowest BCUT2D eigenvalue weighted by Crippen LogP contribution is -2.06. The van der Waals surface area contributed by atoms with Crippen LogP contribution in [0.4, 0.5) is 5.69 Å². The molecule has 3 rings (SSSR count). The summed E-state index contributed by atoms with van der Waals surface area (Å²) in [5.74, 6) is 1.23. The van der Waals surface area contributed by atoms with Gasteiger partial charge in [0, 0.05) is 17.1 Å². The number of rotatable bonds is 4. The van der Waals surface area contributed by atoms with E-state index in [9.17, 15) is 0 Å². The zero-order valence-corrected chi connectivity index (χ0v) is 11.7. The standard InChI is InChI=1S/C17H13N3O2/c18-10-13-9-17(15-3-1-2-4-16(15)20-13)22-11-21-14-7-5-12(19)6-8-14/h1-9H,11,19H2. The number of nitrogen functional groups attached to an aromatic ring is 1. The molecule has 2 N–H and O–H groups in total. The van der Waals surface area contributed by atoms with Crippen molar-refractivity contribution in [2.75, 3.05) is 12.5 Å². The lowest BCUT2D eigenvalue weighted by Gasteiger charge is -2.11. The van der Waals surface area contributed by atoms with Gasteiger partial charge in [-0.2, -0.15) is 5.26 Å². The lowest BCUT2D eigenvalue weighted by atomic mass is 10.2. The molecule has 22 heavy (non-hydrogen) atoms. The molecule has 0 aliphatic rings. The van der Waals surface area contributed by atoms with Gasteiger partial charge in [0.2, 0.25) is 6.79 Å². The maximum absolute atomic E-state index is 9.04. The molecule has 5 nitrogen and oxygen atoms in total. The second-order valence-corrected chi connectivity index (χ2v) is 4.61. The van der Waals surface area contributed by atoms with Crippen LogP contribution in [0, 0.1) is 11.3 Å². The van der Waals surface area contributed by atoms with Crippen molar-refractivity contribution in [1.82, 2.24) is 4.98 Å². The Balaban J connectivity index is 1.78. The second kappa shape index (κ2) is 6.02. The number of ether oxygens (including phenoxy) is 2. The van der Waals surface area contributed by atoms with Crippen LogP contribution in [0.3, 0.4) is 0 Å². The van der Waals surface area contributed by atoms with Crippen LogP contribution in [0.25, 0.3) is 10.9 Å². The molecule has 0 fully saturated rings. The molecule has 0 aliphatic heterocycles. The first-order valence-electron chi connectivity index (χ1n) is 6.67. The number of anilines is 1. The Hall–Kier alpha value is -3.26. The predicted octanol–water partition coefficient (Wildman–Crippen LogP) is 3.10. The summed E-state index contributed by atoms with van der Waals surface area (Å²) in [7, 11) is 0. The third-order valence-corrected chi connectivity index (χ3v) is 3.11. The molecule has 0 bridgehead atoms. The first kappa shape index (κ1) is 13.7. The molecule has 1 heterocycles. The van der Waals surface area contributed by atoms with Crippen molar-refractivity contribution in [3.8, 4) is 17.6 Å². The van der Waals surface area contributed by atoms with E-state index in [1.54, 1.807) is 30.3 Å². The first-order chi connectivity index (χ1) is 10.8. The van der Waals surface area contributed by atoms with Gasteiger partial charge in [0.05, 0.1) is 5.52 Å². The maximum Gasteiger partial charge on any atom is 0.230 e. The number of hydrogen-bond donors (Lipinski definition) is 1. The zero-order chi connectivity index (χ0) is 15.4. The first-order valence-corrected chi connectivity index (χ1v) is 6.67. The average Bonchev–Trinajstić information content (AvgIpc) is 2.56. The van der Waals surface area contributed by atoms with Gasteiger partial charge in [-0.25, -0.2) is 4.98 Å². The molecular weight excluding hydrogens is 278 g/mol. The lowest BCUT2D eigenvalue weighted by molar-refractivity contribution is 0.121. The van der Waals surface area contributed by atoms with E-state index in [-0.39, 0.29) is 6.79 Å². The number of benzene rings is 2. The topological polar surface area (TPSA) is 81.2 Å². The molecule has 5 heteroatoms. The molecule has 0 radical (unpaired) electrons. The van der Waals surface area contributed by atoms with Crippen molar-refractivity contribution < 1.29 is 9.47 Å². The van der Waals surface area contributed by atoms with Gasteiger partial charge in [-0.3, -0.25) is 0 Å². The van der Waals surface area contributed by atoms with E-state index in [4.69, 9.17) is 20.5 Å². The average molecular weight is 291 g/mol. The van der Waals surface area contributed by atoms with Gasteiger partial charge in [0.15, 0.2) is 0 Å². The molecule has 0 saturated heterocycles. The molecule has 2 aromatic carbocycles. The number of nitrogens with two attached hydrogens (primary N) is 1. The Morgan fingerprint density at radius 1 is 1.05 bits per heavy atom. The van der Waals surface area contributed by atoms with Crippen LogP contribution in [-0.2, 0) is 0 Å². The van der Waals surface area contributed by atoms with Gasteiger partial charge in [-0.15, -0.1) is 0 Å². The van der Waals surface area contributed by atoms with Crippen LogP contribution in [0.15, 0.2) is 54.6 Å². The monoisotopic (exact) mass is 291 g/mol. The smallest absolute Gasteiger partial charge is 0.230 e. The van der Waals surface area contributed by atoms with E-state index in [2.05, 4.69) is 4.98 Å². The summed E-state index contributed by atoms with van der Waals surface area (Å²) in [6.45, 7) is 0.0305. The predicted molar refractivity (Wildman–Crippen MR) is 83.4 cm³/mol. The number of para-hydroxylation sites is 1. The highest BCUT2D eigenvalue weighted by Crippen LogP contribution is 2.25. The third kappa shape index (κ3) is 2.91. The summed E-state index contributed by atoms with van der Waals surface area (Å²) in [6.07, 6.45) is 0. The van der Waals surface area contributed by atoms with Gasteiger partial charge in [0.1, 0.15) is 23.3 Å². The van der Waals surface area contributed by atoms with E-state index in [0.717, 1.165) is 5.39 Å². The van der Waals surface area contributed by atoms with E-state index < -0.39 is 0 Å². The van der Waals surface area contributed by atoms with Crippen LogP contribution < -0.4 is 15.2 Å². The summed E-state index contributed by atoms with van der Waals surface area (Å²) < 4.78 is 11.2. The number of pyridine rings is 1. The molecule has 0 saturated carbocycles. The van der Waals surface area contributed by atoms with Crippen LogP contribution in [-0.4, -0.2) is 11.8 Å². The van der Waals surface area contributed by atoms with Gasteiger partial charge in [0.25, 0.3) is 0 Å². The summed E-state index contributed by atoms with van der Waals surface area (Å²) in [6, 6.07) is 18.2. The van der Waals surface area contributed by atoms with E-state index in [1.165, 1.54) is 0 Å². The SMILES string of the molecule is N#Cc1cc(OCOc2ccc(N)cc2)c2ccccc2n1. The van der Waals surface area contributed by atoms with E-state index in [0.29, 0.717) is 28.4 Å². The molecule has 3 aromatic rings. The van der Waals surface area contributed by atoms with Crippen LogP contribution in [0.2, 0.25) is 0 Å². The minimum Gasteiger partial charge on any atom is -0.457 e. The molecule has 0 atom stereocenters. The summed E-state index contributed by atoms with van der Waals surface area (Å²) >= 11 is 0. The quantitative estimate of drug-likeness (QED) is 0.590. The number of hydrogen-bond acceptors (Lipinski definition) is 5. The number of nitrogens with zero attached hydrogens (tertiary/aromatic N) is 2. The van der Waals surface area contributed by atoms with Gasteiger partial charge >= 0.3 is 0 Å². The van der Waals surface area contributed by atoms with Crippen molar-refractivity contribution in [1.29, 1.82) is 5.26 Å². The molecule has 108 valence electrons. The normalized spacial score (nSPS) is 10.1. The van der Waals surface area contributed by atoms with Crippen molar-refractivity contribution in [3.05, 3.63) is 60.3 Å². The van der Waals surface area contributed by atoms with E-state index >= 15 is 0 Å². The summed E-state index contributed by atoms with van der Waals surface area (Å²) in [5, 5.41) is 9.88. The van der Waals surface area contributed by atoms with Crippen molar-refractivity contribution in [2.24, 2.45) is 0 Å². The van der Waals surface area contributed by atoms with Crippen LogP contribution in [0.5, 0.6) is 11.5 Å². The Kier molecular flexibility index (Phi) is 3.75. The fraction of sp³-hybridized carbons (Fsp3) is 0.0588. The minimum atomic E-state index is 0.0305. The van der Waals surface area contributed by atoms with E-state index in [1.807, 2.05) is 30.3 Å². The summed E-state index contributed by atoms with van der Waals surface area (Å²) in [5.41, 5.74) is 7.31. The number of aromatic nitrogens is 1. The van der Waals surface area contributed by atoms with Gasteiger partial charge in [-0.1, -0.05) is 12.1 Å². The maximum atomic E-state index is 9.04. The van der Waals surface area contributed by atoms with Gasteiger partial charge < -0.3 is 15.2 Å². The molecule has 0 spiro atoms. The van der Waals surface area contributed by atoms with Crippen molar-refractivity contribution in [3.63, 3.8) is 0 Å². The number of nitriles is 1. The summed E-state index contributed by atoms with van der Waals surface area (Å²) in [4.78, 5) is 4.23. The van der Waals surface area contributed by atoms with Crippen molar-refractivity contribution >= 4 is 16.6 Å². The molecule has 1 aromatic heterocycles. The highest BCUT2D eigenvalue weighted by molar-refractivity contribution is 5.85. The second-order valence-electron chi connectivity index (χ2n) is 4.61. The minimum absolute atomic E-state index is 0.0305. The van der Waals surface area contributed by atoms with Crippen LogP contribution >= 0.6 is 0 Å². The third-order valence-electron chi connectivity index (χ3n) is 3.11.